The van der Waals surface area contributed by atoms with Gasteiger partial charge >= 0.3 is 5.97 Å². The van der Waals surface area contributed by atoms with E-state index in [9.17, 15) is 4.79 Å². The third-order valence-corrected chi connectivity index (χ3v) is 2.11. The molecule has 0 aromatic heterocycles. The molecule has 1 N–H and O–H groups in total. The molecule has 0 fully saturated rings. The lowest BCUT2D eigenvalue weighted by atomic mass is 9.97. The quantitative estimate of drug-likeness (QED) is 0.829. The number of rotatable bonds is 4. The van der Waals surface area contributed by atoms with Crippen molar-refractivity contribution in [2.24, 2.45) is 5.92 Å². The van der Waals surface area contributed by atoms with Gasteiger partial charge in [0.2, 0.25) is 0 Å². The van der Waals surface area contributed by atoms with Gasteiger partial charge in [0.15, 0.2) is 0 Å². The summed E-state index contributed by atoms with van der Waals surface area (Å²) < 4.78 is 31.6. The van der Waals surface area contributed by atoms with Gasteiger partial charge in [-0.25, -0.2) is 0 Å². The number of carboxylic acids is 1. The second-order valence-electron chi connectivity index (χ2n) is 4.05. The fourth-order valence-electron chi connectivity index (χ4n) is 1.20. The molecule has 1 aromatic carbocycles. The second-order valence-corrected chi connectivity index (χ2v) is 4.05. The summed E-state index contributed by atoms with van der Waals surface area (Å²) in [6.45, 7) is 5.23. The SMILES string of the molecule is [2H]c1c([2H])c([C@@H](C)C(=O)O)c([2H])c([2H])c1CC(C)C. The van der Waals surface area contributed by atoms with Crippen molar-refractivity contribution in [2.45, 2.75) is 33.1 Å². The van der Waals surface area contributed by atoms with Crippen molar-refractivity contribution in [2.75, 3.05) is 0 Å². The average molecular weight is 210 g/mol. The van der Waals surface area contributed by atoms with Crippen molar-refractivity contribution in [3.8, 4) is 0 Å². The molecule has 2 nitrogen and oxygen atoms in total. The normalized spacial score (nSPS) is 16.5. The largest absolute Gasteiger partial charge is 0.481 e. The van der Waals surface area contributed by atoms with Gasteiger partial charge in [-0.15, -0.1) is 0 Å². The lowest BCUT2D eigenvalue weighted by Gasteiger charge is -2.09. The lowest BCUT2D eigenvalue weighted by molar-refractivity contribution is -0.138. The molecule has 0 aliphatic carbocycles. The maximum Gasteiger partial charge on any atom is 0.310 e. The summed E-state index contributed by atoms with van der Waals surface area (Å²) in [5.41, 5.74) is 0.307. The Kier molecular flexibility index (Phi) is 2.33. The van der Waals surface area contributed by atoms with E-state index >= 15 is 0 Å². The van der Waals surface area contributed by atoms with E-state index in [0.29, 0.717) is 12.0 Å². The van der Waals surface area contributed by atoms with Gasteiger partial charge in [-0.1, -0.05) is 38.0 Å². The first-order valence-corrected chi connectivity index (χ1v) is 5.00. The van der Waals surface area contributed by atoms with Gasteiger partial charge in [0, 0.05) is 0 Å². The summed E-state index contributed by atoms with van der Waals surface area (Å²) in [4.78, 5) is 11.0. The number of carboxylic acid groups (broad SMARTS) is 1. The molecule has 0 aliphatic rings. The highest BCUT2D eigenvalue weighted by molar-refractivity contribution is 5.75. The van der Waals surface area contributed by atoms with Gasteiger partial charge in [-0.3, -0.25) is 4.79 Å². The predicted molar refractivity (Wildman–Crippen MR) is 61.0 cm³/mol. The van der Waals surface area contributed by atoms with Crippen LogP contribution in [0.1, 0.15) is 43.3 Å². The van der Waals surface area contributed by atoms with Crippen molar-refractivity contribution in [3.63, 3.8) is 0 Å². The Labute approximate surface area is 96.6 Å². The van der Waals surface area contributed by atoms with E-state index in [2.05, 4.69) is 0 Å². The van der Waals surface area contributed by atoms with E-state index < -0.39 is 11.9 Å². The van der Waals surface area contributed by atoms with Crippen LogP contribution < -0.4 is 0 Å². The minimum Gasteiger partial charge on any atom is -0.481 e. The van der Waals surface area contributed by atoms with E-state index in [1.54, 1.807) is 0 Å². The lowest BCUT2D eigenvalue weighted by Crippen LogP contribution is -2.07. The van der Waals surface area contributed by atoms with Crippen molar-refractivity contribution in [1.29, 1.82) is 0 Å². The van der Waals surface area contributed by atoms with Crippen molar-refractivity contribution in [1.82, 2.24) is 0 Å². The molecule has 0 saturated heterocycles. The maximum atomic E-state index is 11.0. The van der Waals surface area contributed by atoms with E-state index in [1.807, 2.05) is 13.8 Å². The standard InChI is InChI=1S/C13H18O2/c1-9(2)8-11-4-6-12(7-5-11)10(3)13(14)15/h4-7,9-10H,8H2,1-3H3,(H,14,15)/t10-/m1/s1/i4D,5D,6D,7D. The van der Waals surface area contributed by atoms with Gasteiger partial charge < -0.3 is 5.11 Å². The van der Waals surface area contributed by atoms with Crippen LogP contribution in [0, 0.1) is 5.92 Å². The molecule has 15 heavy (non-hydrogen) atoms. The molecule has 0 bridgehead atoms. The van der Waals surface area contributed by atoms with Crippen LogP contribution >= 0.6 is 0 Å². The van der Waals surface area contributed by atoms with E-state index in [1.165, 1.54) is 6.92 Å². The van der Waals surface area contributed by atoms with Gasteiger partial charge in [-0.05, 0) is 30.4 Å². The third kappa shape index (κ3) is 3.39. The Morgan fingerprint density at radius 1 is 1.33 bits per heavy atom. The van der Waals surface area contributed by atoms with E-state index in [-0.39, 0.29) is 35.7 Å². The second kappa shape index (κ2) is 4.96. The highest BCUT2D eigenvalue weighted by Gasteiger charge is 2.12. The summed E-state index contributed by atoms with van der Waals surface area (Å²) in [7, 11) is 0. The summed E-state index contributed by atoms with van der Waals surface area (Å²) in [5, 5.41) is 8.99. The molecule has 0 spiro atoms. The molecule has 0 unspecified atom stereocenters. The zero-order valence-corrected chi connectivity index (χ0v) is 9.22. The molecule has 0 heterocycles. The summed E-state index contributed by atoms with van der Waals surface area (Å²) in [6.07, 6.45) is 0.442. The van der Waals surface area contributed by atoms with Gasteiger partial charge in [0.05, 0.1) is 11.4 Å². The Balaban J connectivity index is 3.51. The van der Waals surface area contributed by atoms with Crippen LogP contribution in [-0.2, 0) is 11.2 Å². The number of hydrogen-bond acceptors (Lipinski definition) is 1. The average Bonchev–Trinajstić information content (AvgIpc) is 2.32. The predicted octanol–water partition coefficient (Wildman–Crippen LogP) is 3.07. The fourth-order valence-corrected chi connectivity index (χ4v) is 1.20. The molecule has 0 saturated carbocycles. The summed E-state index contributed by atoms with van der Waals surface area (Å²) in [5.74, 6) is -2.01. The Morgan fingerprint density at radius 3 is 2.27 bits per heavy atom. The fraction of sp³-hybridized carbons (Fsp3) is 0.462. The molecule has 0 amide bonds. The van der Waals surface area contributed by atoms with Gasteiger partial charge in [0.1, 0.15) is 0 Å². The Bertz CT molecular complexity index is 483. The molecule has 1 rings (SSSR count). The van der Waals surface area contributed by atoms with E-state index in [0.717, 1.165) is 0 Å². The molecule has 0 aliphatic heterocycles. The van der Waals surface area contributed by atoms with Crippen molar-refractivity contribution >= 4 is 5.97 Å². The van der Waals surface area contributed by atoms with Crippen LogP contribution in [0.15, 0.2) is 24.2 Å². The molecular formula is C13H18O2. The van der Waals surface area contributed by atoms with Crippen LogP contribution in [-0.4, -0.2) is 11.1 Å². The van der Waals surface area contributed by atoms with Crippen molar-refractivity contribution < 1.29 is 15.4 Å². The number of benzene rings is 1. The first-order valence-electron chi connectivity index (χ1n) is 7.00. The molecule has 82 valence electrons. The number of aliphatic carboxylic acids is 1. The number of hydrogen-bond donors (Lipinski definition) is 1. The van der Waals surface area contributed by atoms with Crippen LogP contribution in [0.25, 0.3) is 0 Å². The molecular weight excluding hydrogens is 188 g/mol. The zero-order chi connectivity index (χ0) is 14.9. The van der Waals surface area contributed by atoms with Crippen LogP contribution in [0.2, 0.25) is 0 Å². The molecule has 1 aromatic rings. The van der Waals surface area contributed by atoms with E-state index in [4.69, 9.17) is 10.6 Å². The first kappa shape index (κ1) is 7.04. The van der Waals surface area contributed by atoms with Crippen molar-refractivity contribution in [3.05, 3.63) is 35.3 Å². The minimum absolute atomic E-state index is 0.0463. The Morgan fingerprint density at radius 2 is 1.87 bits per heavy atom. The molecule has 2 heteroatoms. The number of carbonyl (C=O) groups is 1. The first-order chi connectivity index (χ1) is 8.68. The highest BCUT2D eigenvalue weighted by Crippen LogP contribution is 2.17. The van der Waals surface area contributed by atoms with Crippen LogP contribution in [0.3, 0.4) is 0 Å². The monoisotopic (exact) mass is 210 g/mol. The van der Waals surface area contributed by atoms with Crippen LogP contribution in [0.5, 0.6) is 0 Å². The smallest absolute Gasteiger partial charge is 0.310 e. The maximum absolute atomic E-state index is 11.0. The highest BCUT2D eigenvalue weighted by atomic mass is 16.4. The van der Waals surface area contributed by atoms with Gasteiger partial charge in [0.25, 0.3) is 0 Å². The molecule has 1 atom stereocenters. The van der Waals surface area contributed by atoms with Crippen LogP contribution in [0.4, 0.5) is 0 Å². The zero-order valence-electron chi connectivity index (χ0n) is 13.2. The topological polar surface area (TPSA) is 37.3 Å². The molecule has 0 radical (unpaired) electrons. The Hall–Kier alpha value is -1.31. The summed E-state index contributed by atoms with van der Waals surface area (Å²) >= 11 is 0. The van der Waals surface area contributed by atoms with Gasteiger partial charge in [-0.2, -0.15) is 0 Å². The third-order valence-electron chi connectivity index (χ3n) is 2.11. The minimum atomic E-state index is -1.16. The summed E-state index contributed by atoms with van der Waals surface area (Å²) in [6, 6.07) is -0.742.